The molecule has 158 valence electrons. The van der Waals surface area contributed by atoms with Crippen LogP contribution < -0.4 is 9.47 Å². The molecule has 1 aromatic heterocycles. The summed E-state index contributed by atoms with van der Waals surface area (Å²) < 4.78 is 13.1. The van der Waals surface area contributed by atoms with Crippen molar-refractivity contribution in [2.24, 2.45) is 0 Å². The maximum absolute atomic E-state index is 9.73. The number of para-hydroxylation sites is 1. The van der Waals surface area contributed by atoms with Crippen molar-refractivity contribution in [3.8, 4) is 17.2 Å². The molecule has 0 bridgehead atoms. The van der Waals surface area contributed by atoms with Crippen molar-refractivity contribution < 1.29 is 14.6 Å². The van der Waals surface area contributed by atoms with Crippen molar-refractivity contribution in [3.63, 3.8) is 0 Å². The zero-order chi connectivity index (χ0) is 21.4. The first-order valence-corrected chi connectivity index (χ1v) is 11.3. The molecule has 0 aliphatic carbocycles. The Morgan fingerprint density at radius 1 is 1.10 bits per heavy atom. The smallest absolute Gasteiger partial charge is 0.166 e. The molecule has 9 heteroatoms. The number of hydrogen-bond donors (Lipinski definition) is 1. The molecular weight excluding hydrogens is 467 g/mol. The fourth-order valence-corrected chi connectivity index (χ4v) is 5.83. The Kier molecular flexibility index (Phi) is 6.42. The summed E-state index contributed by atoms with van der Waals surface area (Å²) >= 11 is 20.9. The van der Waals surface area contributed by atoms with Crippen molar-refractivity contribution in [3.05, 3.63) is 68.7 Å². The molecule has 2 aromatic carbocycles. The predicted octanol–water partition coefficient (Wildman–Crippen LogP) is 6.11. The minimum Gasteiger partial charge on any atom is -0.493 e. The average Bonchev–Trinajstić information content (AvgIpc) is 2.97. The number of rotatable bonds is 5. The van der Waals surface area contributed by atoms with Crippen molar-refractivity contribution in [1.82, 2.24) is 9.55 Å². The minimum atomic E-state index is -0.170. The van der Waals surface area contributed by atoms with Gasteiger partial charge in [0.2, 0.25) is 0 Å². The summed E-state index contributed by atoms with van der Waals surface area (Å²) in [5.74, 6) is 1.98. The van der Waals surface area contributed by atoms with E-state index in [4.69, 9.17) is 44.3 Å². The van der Waals surface area contributed by atoms with Crippen LogP contribution in [-0.4, -0.2) is 35.5 Å². The first-order valence-electron chi connectivity index (χ1n) is 9.20. The Bertz CT molecular complexity index is 1090. The third-order valence-electron chi connectivity index (χ3n) is 5.02. The van der Waals surface area contributed by atoms with E-state index in [1.54, 1.807) is 26.0 Å². The first kappa shape index (κ1) is 21.7. The Morgan fingerprint density at radius 2 is 1.90 bits per heavy atom. The third-order valence-corrected chi connectivity index (χ3v) is 7.52. The van der Waals surface area contributed by atoms with E-state index in [9.17, 15) is 5.11 Å². The number of thioether (sulfide) groups is 1. The van der Waals surface area contributed by atoms with Crippen LogP contribution in [0, 0.1) is 0 Å². The van der Waals surface area contributed by atoms with E-state index < -0.39 is 0 Å². The first-order chi connectivity index (χ1) is 14.5. The summed E-state index contributed by atoms with van der Waals surface area (Å²) in [6.45, 7) is -0.00116. The average molecular weight is 486 g/mol. The molecule has 5 nitrogen and oxygen atoms in total. The summed E-state index contributed by atoms with van der Waals surface area (Å²) in [6.07, 6.45) is 0.485. The zero-order valence-electron chi connectivity index (χ0n) is 16.2. The van der Waals surface area contributed by atoms with Gasteiger partial charge in [0.15, 0.2) is 21.8 Å². The van der Waals surface area contributed by atoms with Crippen molar-refractivity contribution in [1.29, 1.82) is 0 Å². The lowest BCUT2D eigenvalue weighted by Gasteiger charge is -2.23. The quantitative estimate of drug-likeness (QED) is 0.472. The lowest BCUT2D eigenvalue weighted by molar-refractivity contribution is 0.286. The Morgan fingerprint density at radius 3 is 2.60 bits per heavy atom. The van der Waals surface area contributed by atoms with Crippen molar-refractivity contribution >= 4 is 46.6 Å². The lowest BCUT2D eigenvalue weighted by Crippen LogP contribution is -2.05. The van der Waals surface area contributed by atoms with E-state index in [0.29, 0.717) is 33.9 Å². The van der Waals surface area contributed by atoms with Crippen LogP contribution in [0.5, 0.6) is 11.5 Å². The van der Waals surface area contributed by atoms with Crippen molar-refractivity contribution in [2.75, 3.05) is 20.8 Å². The van der Waals surface area contributed by atoms with E-state index in [0.717, 1.165) is 16.8 Å². The van der Waals surface area contributed by atoms with E-state index in [1.807, 2.05) is 41.0 Å². The topological polar surface area (TPSA) is 56.5 Å². The maximum Gasteiger partial charge on any atom is 0.166 e. The van der Waals surface area contributed by atoms with Crippen LogP contribution in [0.3, 0.4) is 0 Å². The normalized spacial score (nSPS) is 17.8. The number of aliphatic hydroxyl groups is 1. The molecule has 2 atom stereocenters. The molecule has 3 aromatic rings. The number of hydrogen-bond acceptors (Lipinski definition) is 5. The van der Waals surface area contributed by atoms with Crippen LogP contribution in [0.1, 0.15) is 33.9 Å². The summed E-state index contributed by atoms with van der Waals surface area (Å²) in [5.41, 5.74) is 2.71. The van der Waals surface area contributed by atoms with E-state index >= 15 is 0 Å². The molecule has 0 unspecified atom stereocenters. The number of nitrogens with zero attached hydrogens (tertiary/aromatic N) is 2. The highest BCUT2D eigenvalue weighted by atomic mass is 35.5. The predicted molar refractivity (Wildman–Crippen MR) is 122 cm³/mol. The SMILES string of the molecule is COc1cccc([C@H]2S[C@H](CCO)c3nc(Cl)c(Cl)n3-c3ccc(Cl)cc32)c1OC. The second-order valence-electron chi connectivity index (χ2n) is 6.69. The van der Waals surface area contributed by atoms with Gasteiger partial charge in [-0.25, -0.2) is 4.98 Å². The highest BCUT2D eigenvalue weighted by Gasteiger charge is 2.35. The van der Waals surface area contributed by atoms with Gasteiger partial charge in [0.1, 0.15) is 5.82 Å². The number of fused-ring (bicyclic) bond motifs is 3. The van der Waals surface area contributed by atoms with Crippen LogP contribution in [0.25, 0.3) is 5.69 Å². The molecule has 0 saturated carbocycles. The van der Waals surface area contributed by atoms with Gasteiger partial charge in [-0.05, 0) is 36.2 Å². The van der Waals surface area contributed by atoms with Crippen LogP contribution in [0.2, 0.25) is 15.3 Å². The Labute approximate surface area is 193 Å². The van der Waals surface area contributed by atoms with Crippen LogP contribution in [0.4, 0.5) is 0 Å². The minimum absolute atomic E-state index is 0.00116. The molecule has 0 radical (unpaired) electrons. The molecule has 2 heterocycles. The largest absolute Gasteiger partial charge is 0.493 e. The fourth-order valence-electron chi connectivity index (χ4n) is 3.75. The van der Waals surface area contributed by atoms with E-state index in [1.165, 1.54) is 0 Å². The van der Waals surface area contributed by atoms with Gasteiger partial charge in [-0.2, -0.15) is 0 Å². The monoisotopic (exact) mass is 484 g/mol. The van der Waals surface area contributed by atoms with Gasteiger partial charge < -0.3 is 14.6 Å². The standard InChI is InChI=1S/C21H19Cl3N2O3S/c1-28-15-5-3-4-12(17(15)29-2)18-13-10-11(22)6-7-14(13)26-20(24)19(23)25-21(26)16(30-18)8-9-27/h3-7,10,16,18,27H,8-9H2,1-2H3/t16-,18-/m1/s1. The third kappa shape index (κ3) is 3.65. The zero-order valence-corrected chi connectivity index (χ0v) is 19.3. The number of halogens is 3. The molecular formula is C21H19Cl3N2O3S. The van der Waals surface area contributed by atoms with Crippen LogP contribution in [0.15, 0.2) is 36.4 Å². The van der Waals surface area contributed by atoms with Crippen LogP contribution >= 0.6 is 46.6 Å². The molecule has 4 rings (SSSR count). The van der Waals surface area contributed by atoms with E-state index in [2.05, 4.69) is 4.98 Å². The van der Waals surface area contributed by atoms with Gasteiger partial charge in [0, 0.05) is 17.2 Å². The number of aromatic nitrogens is 2. The maximum atomic E-state index is 9.73. The van der Waals surface area contributed by atoms with Crippen molar-refractivity contribution in [2.45, 2.75) is 16.9 Å². The Balaban J connectivity index is 2.01. The van der Waals surface area contributed by atoms with E-state index in [-0.39, 0.29) is 22.3 Å². The molecule has 0 amide bonds. The number of benzene rings is 2. The van der Waals surface area contributed by atoms with Gasteiger partial charge in [-0.1, -0.05) is 46.9 Å². The van der Waals surface area contributed by atoms with Crippen LogP contribution in [-0.2, 0) is 0 Å². The molecule has 1 aliphatic heterocycles. The number of methoxy groups -OCH3 is 2. The molecule has 0 saturated heterocycles. The molecule has 1 aliphatic rings. The summed E-state index contributed by atoms with van der Waals surface area (Å²) in [5, 5.41) is 10.6. The Hall–Kier alpha value is -1.57. The number of imidazole rings is 1. The number of ether oxygens (including phenoxy) is 2. The number of aliphatic hydroxyl groups excluding tert-OH is 1. The van der Waals surface area contributed by atoms with Gasteiger partial charge >= 0.3 is 0 Å². The summed E-state index contributed by atoms with van der Waals surface area (Å²) in [6, 6.07) is 11.4. The molecule has 0 fully saturated rings. The molecule has 30 heavy (non-hydrogen) atoms. The summed E-state index contributed by atoms with van der Waals surface area (Å²) in [7, 11) is 3.23. The highest BCUT2D eigenvalue weighted by molar-refractivity contribution is 8.00. The molecule has 0 spiro atoms. The highest BCUT2D eigenvalue weighted by Crippen LogP contribution is 2.54. The van der Waals surface area contributed by atoms with Gasteiger partial charge in [-0.15, -0.1) is 11.8 Å². The summed E-state index contributed by atoms with van der Waals surface area (Å²) in [4.78, 5) is 4.51. The van der Waals surface area contributed by atoms with Gasteiger partial charge in [0.25, 0.3) is 0 Å². The second kappa shape index (κ2) is 8.89. The molecule has 1 N–H and O–H groups in total. The van der Waals surface area contributed by atoms with Gasteiger partial charge in [-0.3, -0.25) is 4.57 Å². The lowest BCUT2D eigenvalue weighted by atomic mass is 10.0. The fraction of sp³-hybridized carbons (Fsp3) is 0.286. The van der Waals surface area contributed by atoms with Gasteiger partial charge in [0.05, 0.1) is 30.4 Å². The second-order valence-corrected chi connectivity index (χ2v) is 9.16.